The minimum atomic E-state index is -3.62. The molecule has 1 aromatic rings. The highest BCUT2D eigenvalue weighted by atomic mass is 32.2. The lowest BCUT2D eigenvalue weighted by Crippen LogP contribution is -2.45. The molecule has 1 aliphatic rings. The first-order valence-corrected chi connectivity index (χ1v) is 12.7. The van der Waals surface area contributed by atoms with Gasteiger partial charge in [-0.1, -0.05) is 0 Å². The molecule has 1 aliphatic heterocycles. The van der Waals surface area contributed by atoms with E-state index in [-0.39, 0.29) is 29.0 Å². The fourth-order valence-electron chi connectivity index (χ4n) is 3.66. The molecule has 0 aliphatic carbocycles. The van der Waals surface area contributed by atoms with Gasteiger partial charge in [0.05, 0.1) is 17.5 Å². The molecule has 1 unspecified atom stereocenters. The molecule has 11 heteroatoms. The number of ether oxygens (including phenoxy) is 1. The number of sulfonamides is 1. The molecule has 0 bridgehead atoms. The molecule has 1 saturated heterocycles. The summed E-state index contributed by atoms with van der Waals surface area (Å²) in [7, 11) is -1.95. The Morgan fingerprint density at radius 2 is 1.91 bits per heavy atom. The van der Waals surface area contributed by atoms with Crippen molar-refractivity contribution in [3.63, 3.8) is 0 Å². The summed E-state index contributed by atoms with van der Waals surface area (Å²) < 4.78 is 31.4. The van der Waals surface area contributed by atoms with E-state index in [9.17, 15) is 22.8 Å². The van der Waals surface area contributed by atoms with Crippen LogP contribution in [0.1, 0.15) is 50.9 Å². The van der Waals surface area contributed by atoms with Gasteiger partial charge in [-0.25, -0.2) is 13.2 Å². The van der Waals surface area contributed by atoms with E-state index in [0.29, 0.717) is 25.3 Å². The standard InChI is InChI=1S/C22H34N4O6S/c1-15(27)23-17-9-10-19(24-33(6,30)31)18(12-17)20(28)26-11-7-8-16(14-26)13-25(5)21(29)32-22(2,3)4/h9-10,12,16,24H,7-8,11,13-14H2,1-6H3,(H,23,27). The fourth-order valence-corrected chi connectivity index (χ4v) is 4.24. The lowest BCUT2D eigenvalue weighted by Gasteiger charge is -2.35. The highest BCUT2D eigenvalue weighted by Crippen LogP contribution is 2.26. The molecule has 1 aromatic carbocycles. The van der Waals surface area contributed by atoms with Gasteiger partial charge in [0, 0.05) is 39.3 Å². The second-order valence-corrected chi connectivity index (χ2v) is 11.2. The maximum Gasteiger partial charge on any atom is 0.410 e. The smallest absolute Gasteiger partial charge is 0.410 e. The number of hydrogen-bond acceptors (Lipinski definition) is 6. The number of hydrogen-bond donors (Lipinski definition) is 2. The molecule has 0 radical (unpaired) electrons. The second-order valence-electron chi connectivity index (χ2n) is 9.44. The molecule has 184 valence electrons. The van der Waals surface area contributed by atoms with E-state index in [4.69, 9.17) is 4.74 Å². The maximum absolute atomic E-state index is 13.4. The first-order chi connectivity index (χ1) is 15.1. The van der Waals surface area contributed by atoms with Crippen molar-refractivity contribution in [3.8, 4) is 0 Å². The van der Waals surface area contributed by atoms with Crippen molar-refractivity contribution in [3.05, 3.63) is 23.8 Å². The van der Waals surface area contributed by atoms with Gasteiger partial charge in [0.25, 0.3) is 5.91 Å². The van der Waals surface area contributed by atoms with E-state index < -0.39 is 21.7 Å². The summed E-state index contributed by atoms with van der Waals surface area (Å²) >= 11 is 0. The van der Waals surface area contributed by atoms with Gasteiger partial charge in [-0.3, -0.25) is 14.3 Å². The SMILES string of the molecule is CC(=O)Nc1ccc(NS(C)(=O)=O)c(C(=O)N2CCCC(CN(C)C(=O)OC(C)(C)C)C2)c1. The van der Waals surface area contributed by atoms with E-state index in [1.54, 1.807) is 32.7 Å². The average Bonchev–Trinajstić information content (AvgIpc) is 2.66. The third-order valence-electron chi connectivity index (χ3n) is 4.91. The Bertz CT molecular complexity index is 1000. The molecule has 0 spiro atoms. The predicted molar refractivity (Wildman–Crippen MR) is 127 cm³/mol. The lowest BCUT2D eigenvalue weighted by molar-refractivity contribution is -0.114. The highest BCUT2D eigenvalue weighted by molar-refractivity contribution is 7.92. The number of anilines is 2. The largest absolute Gasteiger partial charge is 0.444 e. The summed E-state index contributed by atoms with van der Waals surface area (Å²) in [4.78, 5) is 40.3. The third kappa shape index (κ3) is 8.56. The van der Waals surface area contributed by atoms with Crippen LogP contribution in [0, 0.1) is 5.92 Å². The van der Waals surface area contributed by atoms with Gasteiger partial charge in [-0.2, -0.15) is 0 Å². The molecular formula is C22H34N4O6S. The zero-order valence-electron chi connectivity index (χ0n) is 20.1. The Balaban J connectivity index is 2.20. The van der Waals surface area contributed by atoms with E-state index >= 15 is 0 Å². The van der Waals surface area contributed by atoms with Crippen molar-refractivity contribution in [2.45, 2.75) is 46.1 Å². The molecule has 1 atom stereocenters. The number of nitrogens with one attached hydrogen (secondary N) is 2. The Kier molecular flexibility index (Phi) is 8.34. The van der Waals surface area contributed by atoms with Crippen LogP contribution in [-0.2, 0) is 19.6 Å². The van der Waals surface area contributed by atoms with E-state index in [0.717, 1.165) is 19.1 Å². The number of carbonyl (C=O) groups excluding carboxylic acids is 3. The van der Waals surface area contributed by atoms with E-state index in [1.165, 1.54) is 30.0 Å². The van der Waals surface area contributed by atoms with Crippen molar-refractivity contribution >= 4 is 39.3 Å². The zero-order valence-corrected chi connectivity index (χ0v) is 20.9. The van der Waals surface area contributed by atoms with Gasteiger partial charge in [0.1, 0.15) is 5.60 Å². The van der Waals surface area contributed by atoms with Gasteiger partial charge in [0.15, 0.2) is 0 Å². The summed E-state index contributed by atoms with van der Waals surface area (Å²) in [6, 6.07) is 4.45. The predicted octanol–water partition coefficient (Wildman–Crippen LogP) is 2.74. The van der Waals surface area contributed by atoms with Crippen LogP contribution in [0.3, 0.4) is 0 Å². The number of rotatable bonds is 6. The summed E-state index contributed by atoms with van der Waals surface area (Å²) in [6.45, 7) is 8.10. The lowest BCUT2D eigenvalue weighted by atomic mass is 9.96. The number of amides is 3. The quantitative estimate of drug-likeness (QED) is 0.642. The minimum Gasteiger partial charge on any atom is -0.444 e. The van der Waals surface area contributed by atoms with Crippen LogP contribution in [-0.4, -0.2) is 74.7 Å². The van der Waals surface area contributed by atoms with E-state index in [1.807, 2.05) is 0 Å². The number of piperidine rings is 1. The Hall–Kier alpha value is -2.82. The summed E-state index contributed by atoms with van der Waals surface area (Å²) in [5, 5.41) is 2.61. The van der Waals surface area contributed by atoms with Crippen LogP contribution >= 0.6 is 0 Å². The Morgan fingerprint density at radius 3 is 2.48 bits per heavy atom. The molecule has 1 heterocycles. The summed E-state index contributed by atoms with van der Waals surface area (Å²) in [5.41, 5.74) is 0.0857. The van der Waals surface area contributed by atoms with Gasteiger partial charge in [-0.15, -0.1) is 0 Å². The molecule has 0 saturated carbocycles. The Labute approximate surface area is 195 Å². The monoisotopic (exact) mass is 482 g/mol. The summed E-state index contributed by atoms with van der Waals surface area (Å²) in [5.74, 6) is -0.608. The van der Waals surface area contributed by atoms with Crippen LogP contribution in [0.5, 0.6) is 0 Å². The van der Waals surface area contributed by atoms with Crippen LogP contribution in [0.25, 0.3) is 0 Å². The van der Waals surface area contributed by atoms with Crippen molar-refractivity contribution < 1.29 is 27.5 Å². The number of likely N-dealkylation sites (tertiary alicyclic amines) is 1. The highest BCUT2D eigenvalue weighted by Gasteiger charge is 2.29. The molecule has 2 rings (SSSR count). The molecule has 10 nitrogen and oxygen atoms in total. The van der Waals surface area contributed by atoms with Crippen molar-refractivity contribution in [1.82, 2.24) is 9.80 Å². The third-order valence-corrected chi connectivity index (χ3v) is 5.50. The molecule has 3 amide bonds. The Morgan fingerprint density at radius 1 is 1.24 bits per heavy atom. The first-order valence-electron chi connectivity index (χ1n) is 10.8. The number of nitrogens with zero attached hydrogens (tertiary/aromatic N) is 2. The molecule has 0 aromatic heterocycles. The molecule has 33 heavy (non-hydrogen) atoms. The van der Waals surface area contributed by atoms with Crippen molar-refractivity contribution in [2.75, 3.05) is 43.0 Å². The fraction of sp³-hybridized carbons (Fsp3) is 0.591. The zero-order chi connectivity index (χ0) is 25.0. The van der Waals surface area contributed by atoms with Crippen LogP contribution in [0.4, 0.5) is 16.2 Å². The topological polar surface area (TPSA) is 125 Å². The second kappa shape index (κ2) is 10.4. The number of benzene rings is 1. The molecule has 1 fully saturated rings. The van der Waals surface area contributed by atoms with Gasteiger partial charge < -0.3 is 19.9 Å². The minimum absolute atomic E-state index is 0.0464. The van der Waals surface area contributed by atoms with Gasteiger partial charge >= 0.3 is 6.09 Å². The van der Waals surface area contributed by atoms with Crippen LogP contribution in [0.15, 0.2) is 18.2 Å². The van der Waals surface area contributed by atoms with Crippen molar-refractivity contribution in [2.24, 2.45) is 5.92 Å². The normalized spacial score (nSPS) is 16.7. The van der Waals surface area contributed by atoms with E-state index in [2.05, 4.69) is 10.0 Å². The molecule has 2 N–H and O–H groups in total. The van der Waals surface area contributed by atoms with Crippen molar-refractivity contribution in [1.29, 1.82) is 0 Å². The maximum atomic E-state index is 13.4. The van der Waals surface area contributed by atoms with Gasteiger partial charge in [0.2, 0.25) is 15.9 Å². The first kappa shape index (κ1) is 26.4. The van der Waals surface area contributed by atoms with Crippen LogP contribution < -0.4 is 10.0 Å². The number of carbonyl (C=O) groups is 3. The van der Waals surface area contributed by atoms with Crippen LogP contribution in [0.2, 0.25) is 0 Å². The molecular weight excluding hydrogens is 448 g/mol. The average molecular weight is 483 g/mol. The van der Waals surface area contributed by atoms with Gasteiger partial charge in [-0.05, 0) is 57.7 Å². The summed E-state index contributed by atoms with van der Waals surface area (Å²) in [6.07, 6.45) is 2.18.